The molecule has 1 heterocycles. The van der Waals surface area contributed by atoms with Crippen LogP contribution >= 0.6 is 13.5 Å². The average Bonchev–Trinajstić information content (AvgIpc) is 1.78. The molecule has 0 amide bonds. The number of methoxy groups -OCH3 is 1. The van der Waals surface area contributed by atoms with Gasteiger partial charge in [0.2, 0.25) is 0 Å². The lowest BCUT2D eigenvalue weighted by atomic mass is 10.0. The number of hydrogen-bond donors (Lipinski definition) is 0. The fourth-order valence-corrected chi connectivity index (χ4v) is 1.23. The Hall–Kier alpha value is 0.270. The predicted molar refractivity (Wildman–Crippen MR) is 47.9 cm³/mol. The molecule has 2 nitrogen and oxygen atoms in total. The molecule has 62 valence electrons. The van der Waals surface area contributed by atoms with E-state index in [2.05, 4.69) is 11.8 Å². The van der Waals surface area contributed by atoms with Crippen molar-refractivity contribution >= 4 is 13.5 Å². The molecule has 0 aromatic carbocycles. The SMILES string of the molecule is COCCN1CC(C)C1.S. The van der Waals surface area contributed by atoms with Gasteiger partial charge in [0.15, 0.2) is 0 Å². The summed E-state index contributed by atoms with van der Waals surface area (Å²) in [6, 6.07) is 0. The van der Waals surface area contributed by atoms with E-state index < -0.39 is 0 Å². The first-order valence-electron chi connectivity index (χ1n) is 3.54. The largest absolute Gasteiger partial charge is 0.383 e. The second-order valence-corrected chi connectivity index (χ2v) is 2.86. The molecular formula is C7H17NOS. The maximum Gasteiger partial charge on any atom is 0.0589 e. The first kappa shape index (κ1) is 10.3. The van der Waals surface area contributed by atoms with Crippen LogP contribution in [0.15, 0.2) is 0 Å². The van der Waals surface area contributed by atoms with E-state index in [0.29, 0.717) is 0 Å². The Labute approximate surface area is 70.0 Å². The van der Waals surface area contributed by atoms with Crippen molar-refractivity contribution < 1.29 is 4.74 Å². The maximum absolute atomic E-state index is 4.94. The van der Waals surface area contributed by atoms with Crippen molar-refractivity contribution in [1.29, 1.82) is 0 Å². The van der Waals surface area contributed by atoms with Gasteiger partial charge in [-0.15, -0.1) is 0 Å². The molecule has 0 aromatic heterocycles. The van der Waals surface area contributed by atoms with Gasteiger partial charge < -0.3 is 9.64 Å². The van der Waals surface area contributed by atoms with Crippen LogP contribution in [0.2, 0.25) is 0 Å². The van der Waals surface area contributed by atoms with E-state index in [1.807, 2.05) is 0 Å². The summed E-state index contributed by atoms with van der Waals surface area (Å²) >= 11 is 0. The van der Waals surface area contributed by atoms with Crippen molar-refractivity contribution in [3.05, 3.63) is 0 Å². The second-order valence-electron chi connectivity index (χ2n) is 2.86. The molecule has 0 N–H and O–H groups in total. The van der Waals surface area contributed by atoms with Crippen LogP contribution in [0.1, 0.15) is 6.92 Å². The first-order chi connectivity index (χ1) is 4.33. The van der Waals surface area contributed by atoms with Crippen molar-refractivity contribution in [1.82, 2.24) is 4.90 Å². The molecule has 1 saturated heterocycles. The summed E-state index contributed by atoms with van der Waals surface area (Å²) in [5.74, 6) is 0.918. The molecule has 0 spiro atoms. The number of nitrogens with zero attached hydrogens (tertiary/aromatic N) is 1. The molecule has 1 fully saturated rings. The van der Waals surface area contributed by atoms with E-state index in [0.717, 1.165) is 19.1 Å². The molecule has 0 bridgehead atoms. The Morgan fingerprint density at radius 2 is 2.10 bits per heavy atom. The van der Waals surface area contributed by atoms with Crippen LogP contribution in [0.4, 0.5) is 0 Å². The van der Waals surface area contributed by atoms with E-state index in [4.69, 9.17) is 4.74 Å². The van der Waals surface area contributed by atoms with Gasteiger partial charge in [0.1, 0.15) is 0 Å². The normalized spacial score (nSPS) is 19.8. The molecule has 0 radical (unpaired) electrons. The van der Waals surface area contributed by atoms with Crippen molar-refractivity contribution in [2.24, 2.45) is 5.92 Å². The molecule has 0 saturated carbocycles. The highest BCUT2D eigenvalue weighted by molar-refractivity contribution is 7.59. The Kier molecular flexibility index (Phi) is 5.13. The minimum absolute atomic E-state index is 0. The van der Waals surface area contributed by atoms with Crippen LogP contribution in [0.3, 0.4) is 0 Å². The van der Waals surface area contributed by atoms with Gasteiger partial charge in [-0.2, -0.15) is 13.5 Å². The fraction of sp³-hybridized carbons (Fsp3) is 1.00. The number of hydrogen-bond acceptors (Lipinski definition) is 2. The third-order valence-corrected chi connectivity index (χ3v) is 1.75. The van der Waals surface area contributed by atoms with Crippen molar-refractivity contribution in [3.63, 3.8) is 0 Å². The van der Waals surface area contributed by atoms with E-state index in [1.54, 1.807) is 7.11 Å². The van der Waals surface area contributed by atoms with Crippen LogP contribution in [0.25, 0.3) is 0 Å². The molecule has 1 aliphatic rings. The molecule has 3 heteroatoms. The summed E-state index contributed by atoms with van der Waals surface area (Å²) in [4.78, 5) is 2.41. The minimum Gasteiger partial charge on any atom is -0.383 e. The van der Waals surface area contributed by atoms with Crippen molar-refractivity contribution in [3.8, 4) is 0 Å². The fourth-order valence-electron chi connectivity index (χ4n) is 1.23. The van der Waals surface area contributed by atoms with Gasteiger partial charge in [0.05, 0.1) is 6.61 Å². The van der Waals surface area contributed by atoms with Gasteiger partial charge in [-0.05, 0) is 5.92 Å². The summed E-state index contributed by atoms with van der Waals surface area (Å²) in [7, 11) is 1.75. The third kappa shape index (κ3) is 2.90. The highest BCUT2D eigenvalue weighted by Crippen LogP contribution is 2.12. The molecule has 0 atom stereocenters. The highest BCUT2D eigenvalue weighted by atomic mass is 32.1. The minimum atomic E-state index is 0. The lowest BCUT2D eigenvalue weighted by molar-refractivity contribution is 0.0728. The van der Waals surface area contributed by atoms with Crippen LogP contribution in [0, 0.1) is 5.92 Å². The Morgan fingerprint density at radius 3 is 2.50 bits per heavy atom. The molecule has 1 aliphatic heterocycles. The second kappa shape index (κ2) is 4.99. The highest BCUT2D eigenvalue weighted by Gasteiger charge is 2.20. The Morgan fingerprint density at radius 1 is 1.50 bits per heavy atom. The van der Waals surface area contributed by atoms with Gasteiger partial charge >= 0.3 is 0 Å². The number of rotatable bonds is 3. The molecule has 0 aliphatic carbocycles. The molecule has 1 rings (SSSR count). The quantitative estimate of drug-likeness (QED) is 0.607. The summed E-state index contributed by atoms with van der Waals surface area (Å²) in [6.45, 7) is 6.81. The van der Waals surface area contributed by atoms with Gasteiger partial charge in [0, 0.05) is 26.7 Å². The lowest BCUT2D eigenvalue weighted by Gasteiger charge is -2.36. The standard InChI is InChI=1S/C7H15NO.H2S/c1-7-5-8(6-7)3-4-9-2;/h7H,3-6H2,1-2H3;1H2. The Bertz CT molecular complexity index is 83.7. The third-order valence-electron chi connectivity index (χ3n) is 1.75. The van der Waals surface area contributed by atoms with Crippen LogP contribution in [-0.4, -0.2) is 38.3 Å². The summed E-state index contributed by atoms with van der Waals surface area (Å²) in [5.41, 5.74) is 0. The maximum atomic E-state index is 4.94. The topological polar surface area (TPSA) is 12.5 Å². The monoisotopic (exact) mass is 163 g/mol. The van der Waals surface area contributed by atoms with E-state index in [1.165, 1.54) is 13.1 Å². The van der Waals surface area contributed by atoms with Gasteiger partial charge in [0.25, 0.3) is 0 Å². The first-order valence-corrected chi connectivity index (χ1v) is 3.54. The summed E-state index contributed by atoms with van der Waals surface area (Å²) in [6.07, 6.45) is 0. The smallest absolute Gasteiger partial charge is 0.0589 e. The average molecular weight is 163 g/mol. The van der Waals surface area contributed by atoms with E-state index in [-0.39, 0.29) is 13.5 Å². The molecule has 0 aromatic rings. The zero-order chi connectivity index (χ0) is 6.69. The summed E-state index contributed by atoms with van der Waals surface area (Å²) in [5, 5.41) is 0. The zero-order valence-corrected chi connectivity index (χ0v) is 7.76. The summed E-state index contributed by atoms with van der Waals surface area (Å²) < 4.78 is 4.94. The zero-order valence-electron chi connectivity index (χ0n) is 6.76. The molecule has 0 unspecified atom stereocenters. The Balaban J connectivity index is 0.000000810. The number of ether oxygens (including phenoxy) is 1. The van der Waals surface area contributed by atoms with Gasteiger partial charge in [-0.25, -0.2) is 0 Å². The molecule has 10 heavy (non-hydrogen) atoms. The van der Waals surface area contributed by atoms with Crippen LogP contribution < -0.4 is 0 Å². The lowest BCUT2D eigenvalue weighted by Crippen LogP contribution is -2.46. The van der Waals surface area contributed by atoms with Crippen LogP contribution in [-0.2, 0) is 4.74 Å². The van der Waals surface area contributed by atoms with Gasteiger partial charge in [-0.3, -0.25) is 0 Å². The predicted octanol–water partition coefficient (Wildman–Crippen LogP) is 0.697. The van der Waals surface area contributed by atoms with E-state index in [9.17, 15) is 0 Å². The van der Waals surface area contributed by atoms with Crippen molar-refractivity contribution in [2.75, 3.05) is 33.4 Å². The van der Waals surface area contributed by atoms with Crippen LogP contribution in [0.5, 0.6) is 0 Å². The van der Waals surface area contributed by atoms with E-state index >= 15 is 0 Å². The molecular weight excluding hydrogens is 146 g/mol. The number of likely N-dealkylation sites (tertiary alicyclic amines) is 1. The van der Waals surface area contributed by atoms with Gasteiger partial charge in [-0.1, -0.05) is 6.92 Å². The van der Waals surface area contributed by atoms with Crippen molar-refractivity contribution in [2.45, 2.75) is 6.92 Å².